The highest BCUT2D eigenvalue weighted by Gasteiger charge is 2.24. The normalized spacial score (nSPS) is 18.8. The molecule has 12 heavy (non-hydrogen) atoms. The molecule has 1 aliphatic heterocycles. The van der Waals surface area contributed by atoms with E-state index in [0.717, 1.165) is 0 Å². The van der Waals surface area contributed by atoms with Crippen molar-refractivity contribution >= 4 is 11.7 Å². The van der Waals surface area contributed by atoms with Crippen molar-refractivity contribution in [3.8, 4) is 0 Å². The lowest BCUT2D eigenvalue weighted by atomic mass is 9.89. The van der Waals surface area contributed by atoms with Crippen LogP contribution in [0.25, 0.3) is 0 Å². The largest absolute Gasteiger partial charge is 0.329 e. The Kier molecular flexibility index (Phi) is 2.04. The summed E-state index contributed by atoms with van der Waals surface area (Å²) in [4.78, 5) is 22.0. The van der Waals surface area contributed by atoms with Gasteiger partial charge in [0.15, 0.2) is 5.78 Å². The van der Waals surface area contributed by atoms with Crippen molar-refractivity contribution in [2.45, 2.75) is 27.2 Å². The van der Waals surface area contributed by atoms with E-state index in [4.69, 9.17) is 0 Å². The number of ketones is 1. The van der Waals surface area contributed by atoms with Gasteiger partial charge in [0.1, 0.15) is 0 Å². The molecule has 1 heterocycles. The average Bonchev–Trinajstić information content (AvgIpc) is 1.82. The van der Waals surface area contributed by atoms with Crippen LogP contribution in [0, 0.1) is 5.41 Å². The SMILES string of the molecule is CC(C)(C)C1=CC(=O)CC(=O)N1. The molecule has 0 radical (unpaired) electrons. The first-order valence-electron chi connectivity index (χ1n) is 3.94. The van der Waals surface area contributed by atoms with Gasteiger partial charge in [-0.15, -0.1) is 0 Å². The number of rotatable bonds is 0. The zero-order valence-corrected chi connectivity index (χ0v) is 7.60. The third kappa shape index (κ3) is 1.94. The van der Waals surface area contributed by atoms with E-state index in [-0.39, 0.29) is 23.5 Å². The summed E-state index contributed by atoms with van der Waals surface area (Å²) in [5, 5.41) is 2.69. The predicted octanol–water partition coefficient (Wildman–Crippen LogP) is 1.01. The van der Waals surface area contributed by atoms with Gasteiger partial charge in [0.25, 0.3) is 0 Å². The number of amides is 1. The molecule has 3 nitrogen and oxygen atoms in total. The summed E-state index contributed by atoms with van der Waals surface area (Å²) in [7, 11) is 0. The fourth-order valence-electron chi connectivity index (χ4n) is 1.00. The van der Waals surface area contributed by atoms with Gasteiger partial charge in [0.05, 0.1) is 6.42 Å². The van der Waals surface area contributed by atoms with Crippen LogP contribution in [0.4, 0.5) is 0 Å². The first kappa shape index (κ1) is 8.97. The molecule has 0 saturated heterocycles. The highest BCUT2D eigenvalue weighted by atomic mass is 16.2. The van der Waals surface area contributed by atoms with Crippen LogP contribution in [0.3, 0.4) is 0 Å². The van der Waals surface area contributed by atoms with E-state index in [1.54, 1.807) is 0 Å². The minimum absolute atomic E-state index is 0.0143. The smallest absolute Gasteiger partial charge is 0.231 e. The molecule has 1 rings (SSSR count). The van der Waals surface area contributed by atoms with Crippen LogP contribution in [0.5, 0.6) is 0 Å². The maximum absolute atomic E-state index is 11.0. The predicted molar refractivity (Wildman–Crippen MR) is 45.3 cm³/mol. The number of hydrogen-bond donors (Lipinski definition) is 1. The van der Waals surface area contributed by atoms with Crippen LogP contribution in [-0.2, 0) is 9.59 Å². The second-order valence-electron chi connectivity index (χ2n) is 4.00. The molecular formula is C9H13NO2. The van der Waals surface area contributed by atoms with Crippen molar-refractivity contribution < 1.29 is 9.59 Å². The maximum atomic E-state index is 11.0. The van der Waals surface area contributed by atoms with E-state index in [9.17, 15) is 9.59 Å². The van der Waals surface area contributed by atoms with Crippen LogP contribution in [0.2, 0.25) is 0 Å². The lowest BCUT2D eigenvalue weighted by molar-refractivity contribution is -0.126. The van der Waals surface area contributed by atoms with Crippen molar-refractivity contribution in [1.29, 1.82) is 0 Å². The Morgan fingerprint density at radius 1 is 1.33 bits per heavy atom. The molecule has 3 heteroatoms. The van der Waals surface area contributed by atoms with E-state index in [1.165, 1.54) is 6.08 Å². The molecule has 0 spiro atoms. The Morgan fingerprint density at radius 3 is 2.33 bits per heavy atom. The zero-order chi connectivity index (χ0) is 9.35. The summed E-state index contributed by atoms with van der Waals surface area (Å²) < 4.78 is 0. The molecule has 0 atom stereocenters. The number of carbonyl (C=O) groups excluding carboxylic acids is 2. The molecule has 1 aliphatic rings. The Bertz CT molecular complexity index is 258. The van der Waals surface area contributed by atoms with Gasteiger partial charge in [0, 0.05) is 17.2 Å². The summed E-state index contributed by atoms with van der Waals surface area (Å²) in [6.45, 7) is 5.87. The molecule has 0 aromatic heterocycles. The molecule has 0 aliphatic carbocycles. The first-order valence-corrected chi connectivity index (χ1v) is 3.94. The van der Waals surface area contributed by atoms with Crippen molar-refractivity contribution in [2.75, 3.05) is 0 Å². The van der Waals surface area contributed by atoms with Gasteiger partial charge in [-0.25, -0.2) is 0 Å². The summed E-state index contributed by atoms with van der Waals surface area (Å²) >= 11 is 0. The molecule has 0 bridgehead atoms. The first-order chi connectivity index (χ1) is 5.39. The van der Waals surface area contributed by atoms with Crippen LogP contribution in [-0.4, -0.2) is 11.7 Å². The second kappa shape index (κ2) is 2.73. The standard InChI is InChI=1S/C9H13NO2/c1-9(2,3)7-4-6(11)5-8(12)10-7/h4H,5H2,1-3H3,(H,10,12). The Balaban J connectivity index is 2.92. The van der Waals surface area contributed by atoms with Crippen molar-refractivity contribution in [3.63, 3.8) is 0 Å². The van der Waals surface area contributed by atoms with Crippen molar-refractivity contribution in [1.82, 2.24) is 5.32 Å². The van der Waals surface area contributed by atoms with Crippen LogP contribution >= 0.6 is 0 Å². The van der Waals surface area contributed by atoms with Gasteiger partial charge in [-0.2, -0.15) is 0 Å². The van der Waals surface area contributed by atoms with Crippen LogP contribution in [0.1, 0.15) is 27.2 Å². The monoisotopic (exact) mass is 167 g/mol. The number of nitrogens with one attached hydrogen (secondary N) is 1. The Labute approximate surface area is 71.8 Å². The molecule has 0 aromatic rings. The van der Waals surface area contributed by atoms with Gasteiger partial charge in [-0.3, -0.25) is 9.59 Å². The Hall–Kier alpha value is -1.12. The quantitative estimate of drug-likeness (QED) is 0.547. The maximum Gasteiger partial charge on any atom is 0.231 e. The summed E-state index contributed by atoms with van der Waals surface area (Å²) in [5.74, 6) is -0.309. The Morgan fingerprint density at radius 2 is 1.92 bits per heavy atom. The van der Waals surface area contributed by atoms with Crippen molar-refractivity contribution in [2.24, 2.45) is 5.41 Å². The summed E-state index contributed by atoms with van der Waals surface area (Å²) in [5.41, 5.74) is 0.551. The second-order valence-corrected chi connectivity index (χ2v) is 4.00. The lowest BCUT2D eigenvalue weighted by Crippen LogP contribution is -2.35. The molecule has 1 amide bonds. The fourth-order valence-corrected chi connectivity index (χ4v) is 1.00. The molecule has 0 unspecified atom stereocenters. The van der Waals surface area contributed by atoms with E-state index in [2.05, 4.69) is 5.32 Å². The minimum atomic E-state index is -0.201. The average molecular weight is 167 g/mol. The molecule has 66 valence electrons. The highest BCUT2D eigenvalue weighted by molar-refractivity contribution is 6.07. The van der Waals surface area contributed by atoms with Gasteiger partial charge < -0.3 is 5.32 Å². The third-order valence-corrected chi connectivity index (χ3v) is 1.72. The lowest BCUT2D eigenvalue weighted by Gasteiger charge is -2.25. The van der Waals surface area contributed by atoms with E-state index in [1.807, 2.05) is 20.8 Å². The van der Waals surface area contributed by atoms with Gasteiger partial charge >= 0.3 is 0 Å². The summed E-state index contributed by atoms with van der Waals surface area (Å²) in [6.07, 6.45) is 1.50. The zero-order valence-electron chi connectivity index (χ0n) is 7.60. The topological polar surface area (TPSA) is 46.2 Å². The van der Waals surface area contributed by atoms with Crippen LogP contribution in [0.15, 0.2) is 11.8 Å². The van der Waals surface area contributed by atoms with E-state index >= 15 is 0 Å². The van der Waals surface area contributed by atoms with Crippen molar-refractivity contribution in [3.05, 3.63) is 11.8 Å². The molecule has 0 fully saturated rings. The number of hydrogen-bond acceptors (Lipinski definition) is 2. The molecule has 0 aromatic carbocycles. The van der Waals surface area contributed by atoms with Gasteiger partial charge in [0.2, 0.25) is 5.91 Å². The van der Waals surface area contributed by atoms with Gasteiger partial charge in [-0.1, -0.05) is 20.8 Å². The van der Waals surface area contributed by atoms with E-state index < -0.39 is 0 Å². The van der Waals surface area contributed by atoms with Crippen LogP contribution < -0.4 is 5.32 Å². The summed E-state index contributed by atoms with van der Waals surface area (Å²) in [6, 6.07) is 0. The molecular weight excluding hydrogens is 154 g/mol. The molecule has 1 N–H and O–H groups in total. The van der Waals surface area contributed by atoms with E-state index in [0.29, 0.717) is 5.70 Å². The number of allylic oxidation sites excluding steroid dienone is 2. The number of carbonyl (C=O) groups is 2. The minimum Gasteiger partial charge on any atom is -0.329 e. The fraction of sp³-hybridized carbons (Fsp3) is 0.556. The third-order valence-electron chi connectivity index (χ3n) is 1.72. The molecule has 0 saturated carbocycles. The van der Waals surface area contributed by atoms with Gasteiger partial charge in [-0.05, 0) is 0 Å². The highest BCUT2D eigenvalue weighted by Crippen LogP contribution is 2.24.